The van der Waals surface area contributed by atoms with E-state index in [9.17, 15) is 14.0 Å². The summed E-state index contributed by atoms with van der Waals surface area (Å²) in [6.45, 7) is 2.87. The van der Waals surface area contributed by atoms with Gasteiger partial charge in [-0.05, 0) is 18.6 Å². The molecule has 108 valence electrons. The summed E-state index contributed by atoms with van der Waals surface area (Å²) in [5.74, 6) is -0.415. The minimum absolute atomic E-state index is 0.108. The van der Waals surface area contributed by atoms with Crippen LogP contribution in [0.1, 0.15) is 13.3 Å². The third-order valence-electron chi connectivity index (χ3n) is 3.23. The van der Waals surface area contributed by atoms with Gasteiger partial charge in [0.25, 0.3) is 0 Å². The van der Waals surface area contributed by atoms with Crippen molar-refractivity contribution in [3.05, 3.63) is 30.1 Å². The lowest BCUT2D eigenvalue weighted by Gasteiger charge is -2.34. The average molecular weight is 296 g/mol. The minimum atomic E-state index is -0.405. The molecule has 0 aliphatic carbocycles. The number of hydrogen-bond donors (Lipinski definition) is 1. The maximum atomic E-state index is 13.5. The zero-order chi connectivity index (χ0) is 14.5. The molecule has 0 saturated carbocycles. The van der Waals surface area contributed by atoms with Gasteiger partial charge in [0, 0.05) is 18.0 Å². The molecule has 1 aromatic carbocycles. The molecule has 1 heterocycles. The van der Waals surface area contributed by atoms with Crippen LogP contribution >= 0.6 is 11.8 Å². The Kier molecular flexibility index (Phi) is 5.00. The van der Waals surface area contributed by atoms with E-state index in [-0.39, 0.29) is 23.4 Å². The third-order valence-corrected chi connectivity index (χ3v) is 4.26. The molecule has 1 aliphatic heterocycles. The zero-order valence-electron chi connectivity index (χ0n) is 11.3. The van der Waals surface area contributed by atoms with Crippen LogP contribution < -0.4 is 5.32 Å². The molecule has 6 heteroatoms. The summed E-state index contributed by atoms with van der Waals surface area (Å²) in [6.07, 6.45) is 0.585. The van der Waals surface area contributed by atoms with Gasteiger partial charge in [-0.2, -0.15) is 0 Å². The number of thioether (sulfide) groups is 1. The minimum Gasteiger partial charge on any atom is -0.353 e. The van der Waals surface area contributed by atoms with Gasteiger partial charge in [0.15, 0.2) is 0 Å². The number of carbonyl (C=O) groups excluding carboxylic acids is 2. The first-order valence-electron chi connectivity index (χ1n) is 6.58. The molecule has 1 aliphatic rings. The lowest BCUT2D eigenvalue weighted by molar-refractivity contribution is -0.141. The summed E-state index contributed by atoms with van der Waals surface area (Å²) in [7, 11) is 0. The summed E-state index contributed by atoms with van der Waals surface area (Å²) in [4.78, 5) is 25.9. The summed E-state index contributed by atoms with van der Waals surface area (Å²) >= 11 is 1.16. The third kappa shape index (κ3) is 3.30. The molecular weight excluding hydrogens is 279 g/mol. The lowest BCUT2D eigenvalue weighted by atomic mass is 10.1. The van der Waals surface area contributed by atoms with Gasteiger partial charge in [-0.3, -0.25) is 9.59 Å². The Morgan fingerprint density at radius 3 is 2.95 bits per heavy atom. The smallest absolute Gasteiger partial charge is 0.242 e. The number of halogens is 1. The number of nitrogens with one attached hydrogen (secondary N) is 1. The van der Waals surface area contributed by atoms with E-state index in [4.69, 9.17) is 0 Å². The standard InChI is InChI=1S/C14H17FN2O2S/c1-2-11-14(19)16-7-8-17(11)13(18)9-20-12-6-4-3-5-10(12)15/h3-6,11H,2,7-9H2,1H3,(H,16,19). The first kappa shape index (κ1) is 14.8. The fourth-order valence-electron chi connectivity index (χ4n) is 2.20. The van der Waals surface area contributed by atoms with E-state index in [1.54, 1.807) is 23.1 Å². The highest BCUT2D eigenvalue weighted by Gasteiger charge is 2.31. The second-order valence-corrected chi connectivity index (χ2v) is 5.54. The van der Waals surface area contributed by atoms with Crippen LogP contribution in [0.3, 0.4) is 0 Å². The molecular formula is C14H17FN2O2S. The molecule has 1 aromatic rings. The Labute approximate surface area is 121 Å². The van der Waals surface area contributed by atoms with Crippen molar-refractivity contribution in [3.63, 3.8) is 0 Å². The van der Waals surface area contributed by atoms with E-state index in [1.165, 1.54) is 6.07 Å². The SMILES string of the molecule is CCC1C(=O)NCCN1C(=O)CSc1ccccc1F. The Bertz CT molecular complexity index is 510. The Morgan fingerprint density at radius 1 is 1.50 bits per heavy atom. The van der Waals surface area contributed by atoms with Crippen LogP contribution in [0.15, 0.2) is 29.2 Å². The molecule has 1 atom stereocenters. The monoisotopic (exact) mass is 296 g/mol. The fourth-order valence-corrected chi connectivity index (χ4v) is 3.03. The lowest BCUT2D eigenvalue weighted by Crippen LogP contribution is -2.57. The second kappa shape index (κ2) is 6.74. The van der Waals surface area contributed by atoms with Crippen LogP contribution in [0, 0.1) is 5.82 Å². The number of piperazine rings is 1. The van der Waals surface area contributed by atoms with E-state index in [0.29, 0.717) is 24.4 Å². The fraction of sp³-hybridized carbons (Fsp3) is 0.429. The average Bonchev–Trinajstić information content (AvgIpc) is 2.46. The van der Waals surface area contributed by atoms with Crippen LogP contribution in [0.4, 0.5) is 4.39 Å². The summed E-state index contributed by atoms with van der Waals surface area (Å²) in [5, 5.41) is 2.75. The van der Waals surface area contributed by atoms with Gasteiger partial charge in [-0.15, -0.1) is 11.8 Å². The second-order valence-electron chi connectivity index (χ2n) is 4.52. The summed E-state index contributed by atoms with van der Waals surface area (Å²) in [6, 6.07) is 5.96. The molecule has 2 rings (SSSR count). The molecule has 2 amide bonds. The number of rotatable bonds is 4. The Hall–Kier alpha value is -1.56. The van der Waals surface area contributed by atoms with Crippen molar-refractivity contribution in [2.24, 2.45) is 0 Å². The van der Waals surface area contributed by atoms with Gasteiger partial charge in [0.2, 0.25) is 11.8 Å². The maximum absolute atomic E-state index is 13.5. The normalized spacial score (nSPS) is 18.8. The molecule has 1 fully saturated rings. The quantitative estimate of drug-likeness (QED) is 0.860. The van der Waals surface area contributed by atoms with Gasteiger partial charge in [-0.1, -0.05) is 19.1 Å². The number of amides is 2. The predicted molar refractivity (Wildman–Crippen MR) is 75.9 cm³/mol. The van der Waals surface area contributed by atoms with E-state index < -0.39 is 6.04 Å². The van der Waals surface area contributed by atoms with Crippen LogP contribution in [0.2, 0.25) is 0 Å². The topological polar surface area (TPSA) is 49.4 Å². The number of carbonyl (C=O) groups is 2. The van der Waals surface area contributed by atoms with E-state index in [1.807, 2.05) is 6.92 Å². The maximum Gasteiger partial charge on any atom is 0.242 e. The largest absolute Gasteiger partial charge is 0.353 e. The van der Waals surface area contributed by atoms with E-state index >= 15 is 0 Å². The number of nitrogens with zero attached hydrogens (tertiary/aromatic N) is 1. The molecule has 0 spiro atoms. The highest BCUT2D eigenvalue weighted by Crippen LogP contribution is 2.22. The molecule has 0 bridgehead atoms. The highest BCUT2D eigenvalue weighted by atomic mass is 32.2. The van der Waals surface area contributed by atoms with Crippen molar-refractivity contribution in [1.82, 2.24) is 10.2 Å². The molecule has 1 unspecified atom stereocenters. The van der Waals surface area contributed by atoms with Crippen LogP contribution in [-0.4, -0.2) is 41.6 Å². The Balaban J connectivity index is 1.97. The number of benzene rings is 1. The van der Waals surface area contributed by atoms with Crippen LogP contribution in [0.25, 0.3) is 0 Å². The van der Waals surface area contributed by atoms with Gasteiger partial charge in [-0.25, -0.2) is 4.39 Å². The molecule has 0 radical (unpaired) electrons. The summed E-state index contributed by atoms with van der Waals surface area (Å²) in [5.41, 5.74) is 0. The molecule has 4 nitrogen and oxygen atoms in total. The van der Waals surface area contributed by atoms with Crippen molar-refractivity contribution in [1.29, 1.82) is 0 Å². The van der Waals surface area contributed by atoms with Gasteiger partial charge >= 0.3 is 0 Å². The van der Waals surface area contributed by atoms with E-state index in [2.05, 4.69) is 5.32 Å². The van der Waals surface area contributed by atoms with Crippen LogP contribution in [-0.2, 0) is 9.59 Å². The van der Waals surface area contributed by atoms with Crippen molar-refractivity contribution < 1.29 is 14.0 Å². The Morgan fingerprint density at radius 2 is 2.25 bits per heavy atom. The zero-order valence-corrected chi connectivity index (χ0v) is 12.1. The molecule has 0 aromatic heterocycles. The van der Waals surface area contributed by atoms with Gasteiger partial charge in [0.05, 0.1) is 5.75 Å². The van der Waals surface area contributed by atoms with Gasteiger partial charge in [0.1, 0.15) is 11.9 Å². The van der Waals surface area contributed by atoms with Crippen molar-refractivity contribution >= 4 is 23.6 Å². The van der Waals surface area contributed by atoms with Crippen molar-refractivity contribution in [2.45, 2.75) is 24.3 Å². The van der Waals surface area contributed by atoms with E-state index in [0.717, 1.165) is 11.8 Å². The summed E-state index contributed by atoms with van der Waals surface area (Å²) < 4.78 is 13.5. The van der Waals surface area contributed by atoms with Crippen molar-refractivity contribution in [2.75, 3.05) is 18.8 Å². The van der Waals surface area contributed by atoms with Crippen LogP contribution in [0.5, 0.6) is 0 Å². The first-order valence-corrected chi connectivity index (χ1v) is 7.56. The predicted octanol–water partition coefficient (Wildman–Crippen LogP) is 1.65. The number of hydrogen-bond acceptors (Lipinski definition) is 3. The first-order chi connectivity index (χ1) is 9.63. The molecule has 20 heavy (non-hydrogen) atoms. The molecule has 1 N–H and O–H groups in total. The molecule has 1 saturated heterocycles. The highest BCUT2D eigenvalue weighted by molar-refractivity contribution is 8.00. The van der Waals surface area contributed by atoms with Crippen molar-refractivity contribution in [3.8, 4) is 0 Å². The van der Waals surface area contributed by atoms with Gasteiger partial charge < -0.3 is 10.2 Å².